The minimum atomic E-state index is -0.0971. The Morgan fingerprint density at radius 1 is 0.800 bits per heavy atom. The van der Waals surface area contributed by atoms with Crippen molar-refractivity contribution < 1.29 is 36.8 Å². The van der Waals surface area contributed by atoms with Gasteiger partial charge in [0.25, 0.3) is 0 Å². The molecule has 0 spiro atoms. The van der Waals surface area contributed by atoms with E-state index in [1.165, 1.54) is 45.8 Å². The highest BCUT2D eigenvalue weighted by Gasteiger charge is 2.20. The molecule has 6 nitrogen and oxygen atoms in total. The van der Waals surface area contributed by atoms with E-state index in [1.54, 1.807) is 0 Å². The van der Waals surface area contributed by atoms with Crippen molar-refractivity contribution in [2.75, 3.05) is 45.3 Å². The average Bonchev–Trinajstić information content (AvgIpc) is 2.98. The van der Waals surface area contributed by atoms with Gasteiger partial charge in [-0.2, -0.15) is 0 Å². The second-order valence-electron chi connectivity index (χ2n) is 9.88. The molecule has 10 heteroatoms. The van der Waals surface area contributed by atoms with E-state index < -0.39 is 0 Å². The van der Waals surface area contributed by atoms with Crippen LogP contribution in [0.3, 0.4) is 0 Å². The Balaban J connectivity index is 0.000000326. The van der Waals surface area contributed by atoms with Gasteiger partial charge in [0.15, 0.2) is 0 Å². The maximum Gasteiger partial charge on any atom is 0.305 e. The van der Waals surface area contributed by atoms with Crippen molar-refractivity contribution in [2.24, 2.45) is 11.8 Å². The second kappa shape index (κ2) is 21.2. The molecule has 0 atom stereocenters. The number of methoxy groups -OCH3 is 2. The Morgan fingerprint density at radius 3 is 1.65 bits per heavy atom. The predicted molar refractivity (Wildman–Crippen MR) is 162 cm³/mol. The molecule has 0 unspecified atom stereocenters. The molecular weight excluding hydrogens is 639 g/mol. The molecule has 2 aromatic rings. The van der Waals surface area contributed by atoms with Gasteiger partial charge in [0.1, 0.15) is 0 Å². The van der Waals surface area contributed by atoms with Gasteiger partial charge in [0.2, 0.25) is 0 Å². The van der Waals surface area contributed by atoms with E-state index in [2.05, 4.69) is 47.8 Å². The van der Waals surface area contributed by atoms with Crippen LogP contribution in [0.2, 0.25) is 10.0 Å². The van der Waals surface area contributed by atoms with Crippen LogP contribution in [-0.2, 0) is 19.1 Å². The molecule has 2 aliphatic rings. The second-order valence-corrected chi connectivity index (χ2v) is 11.7. The first-order chi connectivity index (χ1) is 18.8. The van der Waals surface area contributed by atoms with Gasteiger partial charge in [0.05, 0.1) is 27.3 Å². The number of nitrogens with two attached hydrogens (primary N) is 1. The quantitative estimate of drug-likeness (QED) is 0.454. The van der Waals surface area contributed by atoms with Crippen molar-refractivity contribution in [1.29, 1.82) is 0 Å². The normalized spacial score (nSPS) is 15.4. The zero-order chi connectivity index (χ0) is 28.5. The van der Waals surface area contributed by atoms with Crippen LogP contribution in [0.1, 0.15) is 51.4 Å². The van der Waals surface area contributed by atoms with Gasteiger partial charge in [0, 0.05) is 46.1 Å². The van der Waals surface area contributed by atoms with Crippen LogP contribution in [0.4, 0.5) is 5.69 Å². The summed E-state index contributed by atoms with van der Waals surface area (Å²) in [7, 11) is 2.91. The molecule has 2 aromatic carbocycles. The highest BCUT2D eigenvalue weighted by Crippen LogP contribution is 2.27. The number of benzene rings is 2. The standard InChI is InChI=1S/C15H20ClNO2.C9H17NO2.C6H4BrCl.ClH/c1-19-15(18)7-2-12-8-10-17(11-9-12)14-5-3-13(16)4-6-14;1-12-9(11)3-2-8-4-6-10-7-5-8;7-5-1-3-6(8)4-2-5;/h3-6,12H,2,7-11H2,1H3;8,10H,2-7H2,1H3;1-4H;1H. The molecule has 2 aliphatic heterocycles. The summed E-state index contributed by atoms with van der Waals surface area (Å²) in [6, 6.07) is 15.5. The lowest BCUT2D eigenvalue weighted by Crippen LogP contribution is -3.00. The minimum absolute atomic E-state index is 0. The zero-order valence-electron chi connectivity index (χ0n) is 23.4. The van der Waals surface area contributed by atoms with Crippen LogP contribution >= 0.6 is 39.1 Å². The van der Waals surface area contributed by atoms with E-state index in [9.17, 15) is 9.59 Å². The fourth-order valence-corrected chi connectivity index (χ4v) is 5.21. The summed E-state index contributed by atoms with van der Waals surface area (Å²) in [5.41, 5.74) is 1.23. The summed E-state index contributed by atoms with van der Waals surface area (Å²) in [5, 5.41) is 3.89. The molecular formula is C30H42BrCl3N2O4. The van der Waals surface area contributed by atoms with Crippen LogP contribution in [0.25, 0.3) is 0 Å². The number of anilines is 1. The Morgan fingerprint density at radius 2 is 1.23 bits per heavy atom. The van der Waals surface area contributed by atoms with Crippen molar-refractivity contribution in [3.8, 4) is 0 Å². The fourth-order valence-electron chi connectivity index (χ4n) is 4.69. The Labute approximate surface area is 264 Å². The minimum Gasteiger partial charge on any atom is -1.00 e. The lowest BCUT2D eigenvalue weighted by atomic mass is 9.92. The smallest absolute Gasteiger partial charge is 0.305 e. The number of halogens is 4. The van der Waals surface area contributed by atoms with Crippen molar-refractivity contribution in [1.82, 2.24) is 0 Å². The SMILES string of the molecule is COC(=O)CCC1CCN(c2ccc(Cl)cc2)CC1.COC(=O)CCC1CC[NH2+]CC1.Clc1ccc(Br)cc1.[Cl-]. The first kappa shape index (κ1) is 36.5. The molecule has 0 saturated carbocycles. The molecule has 2 fully saturated rings. The largest absolute Gasteiger partial charge is 1.00 e. The Hall–Kier alpha value is -1.51. The van der Waals surface area contributed by atoms with Gasteiger partial charge in [-0.05, 0) is 98.9 Å². The van der Waals surface area contributed by atoms with Crippen LogP contribution in [0, 0.1) is 11.8 Å². The number of hydrogen-bond acceptors (Lipinski definition) is 5. The first-order valence-electron chi connectivity index (χ1n) is 13.7. The van der Waals surface area contributed by atoms with Crippen LogP contribution in [0.15, 0.2) is 53.0 Å². The summed E-state index contributed by atoms with van der Waals surface area (Å²) < 4.78 is 10.3. The van der Waals surface area contributed by atoms with Gasteiger partial charge in [-0.1, -0.05) is 39.1 Å². The molecule has 4 rings (SSSR count). The predicted octanol–water partition coefficient (Wildman–Crippen LogP) is 3.53. The molecule has 0 amide bonds. The maximum absolute atomic E-state index is 11.1. The van der Waals surface area contributed by atoms with Crippen LogP contribution in [0.5, 0.6) is 0 Å². The van der Waals surface area contributed by atoms with E-state index in [4.69, 9.17) is 23.2 Å². The molecule has 40 heavy (non-hydrogen) atoms. The summed E-state index contributed by atoms with van der Waals surface area (Å²) in [5.74, 6) is 1.24. The van der Waals surface area contributed by atoms with Crippen LogP contribution in [-0.4, -0.2) is 52.3 Å². The van der Waals surface area contributed by atoms with Gasteiger partial charge >= 0.3 is 11.9 Å². The fraction of sp³-hybridized carbons (Fsp3) is 0.533. The third kappa shape index (κ3) is 15.5. The number of quaternary nitrogens is 1. The molecule has 0 aliphatic carbocycles. The number of carbonyl (C=O) groups is 2. The molecule has 0 radical (unpaired) electrons. The van der Waals surface area contributed by atoms with Gasteiger partial charge < -0.3 is 32.1 Å². The monoisotopic (exact) mass is 678 g/mol. The first-order valence-corrected chi connectivity index (χ1v) is 15.2. The summed E-state index contributed by atoms with van der Waals surface area (Å²) >= 11 is 14.8. The van der Waals surface area contributed by atoms with E-state index in [1.807, 2.05) is 36.4 Å². The molecule has 2 saturated heterocycles. The van der Waals surface area contributed by atoms with Gasteiger partial charge in [-0.15, -0.1) is 0 Å². The highest BCUT2D eigenvalue weighted by molar-refractivity contribution is 9.10. The zero-order valence-corrected chi connectivity index (χ0v) is 27.3. The third-order valence-electron chi connectivity index (χ3n) is 7.14. The van der Waals surface area contributed by atoms with Gasteiger partial charge in [-0.3, -0.25) is 9.59 Å². The number of carbonyl (C=O) groups excluding carboxylic acids is 2. The Kier molecular flexibility index (Phi) is 19.4. The van der Waals surface area contributed by atoms with E-state index in [0.29, 0.717) is 18.8 Å². The molecule has 2 N–H and O–H groups in total. The summed E-state index contributed by atoms with van der Waals surface area (Å²) in [4.78, 5) is 24.3. The van der Waals surface area contributed by atoms with E-state index in [-0.39, 0.29) is 24.3 Å². The van der Waals surface area contributed by atoms with Crippen molar-refractivity contribution in [3.05, 3.63) is 63.0 Å². The number of esters is 2. The molecule has 0 aromatic heterocycles. The van der Waals surface area contributed by atoms with Crippen molar-refractivity contribution in [2.45, 2.75) is 51.4 Å². The topological polar surface area (TPSA) is 72.4 Å². The number of nitrogens with zero attached hydrogens (tertiary/aromatic N) is 1. The number of ether oxygens (including phenoxy) is 2. The van der Waals surface area contributed by atoms with E-state index in [0.717, 1.165) is 59.2 Å². The molecule has 224 valence electrons. The molecule has 0 bridgehead atoms. The van der Waals surface area contributed by atoms with E-state index >= 15 is 0 Å². The number of piperidine rings is 2. The lowest BCUT2D eigenvalue weighted by Gasteiger charge is -2.33. The number of hydrogen-bond donors (Lipinski definition) is 1. The highest BCUT2D eigenvalue weighted by atomic mass is 79.9. The van der Waals surface area contributed by atoms with Crippen molar-refractivity contribution >= 4 is 56.8 Å². The lowest BCUT2D eigenvalue weighted by molar-refractivity contribution is -0.664. The van der Waals surface area contributed by atoms with Gasteiger partial charge in [-0.25, -0.2) is 0 Å². The third-order valence-corrected chi connectivity index (χ3v) is 8.17. The van der Waals surface area contributed by atoms with Crippen molar-refractivity contribution in [3.63, 3.8) is 0 Å². The molecule has 2 heterocycles. The maximum atomic E-state index is 11.1. The van der Waals surface area contributed by atoms with Crippen LogP contribution < -0.4 is 22.6 Å². The summed E-state index contributed by atoms with van der Waals surface area (Å²) in [6.45, 7) is 4.55. The number of rotatable bonds is 7. The summed E-state index contributed by atoms with van der Waals surface area (Å²) in [6.07, 6.45) is 7.90. The average molecular weight is 681 g/mol. The Bertz CT molecular complexity index is 945.